The van der Waals surface area contributed by atoms with Crippen molar-refractivity contribution in [1.82, 2.24) is 14.9 Å². The summed E-state index contributed by atoms with van der Waals surface area (Å²) in [5, 5.41) is 2.83. The molecule has 5 heteroatoms. The first-order valence-electron chi connectivity index (χ1n) is 7.01. The molecule has 0 spiro atoms. The van der Waals surface area contributed by atoms with Crippen LogP contribution in [0.2, 0.25) is 0 Å². The summed E-state index contributed by atoms with van der Waals surface area (Å²) in [5.41, 5.74) is 1.26. The zero-order valence-corrected chi connectivity index (χ0v) is 12.2. The first-order valence-corrected chi connectivity index (χ1v) is 7.01. The lowest BCUT2D eigenvalue weighted by atomic mass is 10.1. The van der Waals surface area contributed by atoms with Crippen molar-refractivity contribution in [1.29, 1.82) is 0 Å². The van der Waals surface area contributed by atoms with Crippen molar-refractivity contribution in [2.45, 2.75) is 32.9 Å². The molecule has 2 rings (SSSR count). The van der Waals surface area contributed by atoms with E-state index >= 15 is 0 Å². The quantitative estimate of drug-likeness (QED) is 0.911. The van der Waals surface area contributed by atoms with Crippen molar-refractivity contribution in [3.8, 4) is 11.3 Å². The smallest absolute Gasteiger partial charge is 0.254 e. The van der Waals surface area contributed by atoms with Gasteiger partial charge in [0.15, 0.2) is 0 Å². The van der Waals surface area contributed by atoms with E-state index in [1.54, 1.807) is 0 Å². The van der Waals surface area contributed by atoms with Crippen molar-refractivity contribution < 1.29 is 4.79 Å². The van der Waals surface area contributed by atoms with Gasteiger partial charge >= 0.3 is 0 Å². The van der Waals surface area contributed by atoms with E-state index in [4.69, 9.17) is 0 Å². The van der Waals surface area contributed by atoms with Gasteiger partial charge in [0.25, 0.3) is 5.56 Å². The summed E-state index contributed by atoms with van der Waals surface area (Å²) in [6.45, 7) is 3.91. The van der Waals surface area contributed by atoms with E-state index in [9.17, 15) is 9.59 Å². The average molecular weight is 285 g/mol. The molecule has 1 heterocycles. The van der Waals surface area contributed by atoms with Crippen LogP contribution in [0, 0.1) is 0 Å². The molecule has 1 N–H and O–H groups in total. The molecule has 1 unspecified atom stereocenters. The topological polar surface area (TPSA) is 64.0 Å². The molecule has 2 aromatic rings. The Morgan fingerprint density at radius 1 is 1.33 bits per heavy atom. The molecule has 1 amide bonds. The van der Waals surface area contributed by atoms with Crippen molar-refractivity contribution in [2.24, 2.45) is 0 Å². The van der Waals surface area contributed by atoms with Gasteiger partial charge in [0.2, 0.25) is 5.91 Å². The molecule has 0 saturated carbocycles. The maximum absolute atomic E-state index is 12.0. The highest BCUT2D eigenvalue weighted by molar-refractivity contribution is 5.76. The van der Waals surface area contributed by atoms with Gasteiger partial charge in [-0.2, -0.15) is 0 Å². The number of nitrogens with zero attached hydrogens (tertiary/aromatic N) is 2. The average Bonchev–Trinajstić information content (AvgIpc) is 2.50. The fourth-order valence-corrected chi connectivity index (χ4v) is 1.89. The third-order valence-electron chi connectivity index (χ3n) is 3.28. The standard InChI is InChI=1S/C16H19N3O2/c1-3-12(2)18-15(20)10-19-11-17-14(9-16(19)21)13-7-5-4-6-8-13/h4-9,11-12H,3,10H2,1-2H3,(H,18,20). The molecule has 0 fully saturated rings. The van der Waals surface area contributed by atoms with Crippen LogP contribution in [0.5, 0.6) is 0 Å². The van der Waals surface area contributed by atoms with Crippen LogP contribution in [0.1, 0.15) is 20.3 Å². The van der Waals surface area contributed by atoms with Crippen LogP contribution in [-0.4, -0.2) is 21.5 Å². The van der Waals surface area contributed by atoms with Gasteiger partial charge < -0.3 is 5.32 Å². The Labute approximate surface area is 123 Å². The van der Waals surface area contributed by atoms with E-state index < -0.39 is 0 Å². The lowest BCUT2D eigenvalue weighted by Crippen LogP contribution is -2.37. The van der Waals surface area contributed by atoms with Gasteiger partial charge in [-0.05, 0) is 13.3 Å². The Morgan fingerprint density at radius 3 is 2.67 bits per heavy atom. The third-order valence-corrected chi connectivity index (χ3v) is 3.28. The molecule has 0 bridgehead atoms. The molecule has 1 aromatic heterocycles. The highest BCUT2D eigenvalue weighted by atomic mass is 16.2. The van der Waals surface area contributed by atoms with Gasteiger partial charge in [-0.1, -0.05) is 37.3 Å². The number of carbonyl (C=O) groups is 1. The zero-order chi connectivity index (χ0) is 15.2. The van der Waals surface area contributed by atoms with E-state index in [1.165, 1.54) is 17.0 Å². The van der Waals surface area contributed by atoms with Crippen LogP contribution in [0.15, 0.2) is 47.5 Å². The van der Waals surface area contributed by atoms with Crippen molar-refractivity contribution in [2.75, 3.05) is 0 Å². The predicted octanol–water partition coefficient (Wildman–Crippen LogP) is 1.82. The van der Waals surface area contributed by atoms with E-state index in [0.29, 0.717) is 5.69 Å². The Balaban J connectivity index is 2.13. The monoisotopic (exact) mass is 285 g/mol. The van der Waals surface area contributed by atoms with Gasteiger partial charge in [0.05, 0.1) is 12.0 Å². The Bertz CT molecular complexity index is 665. The maximum Gasteiger partial charge on any atom is 0.254 e. The summed E-state index contributed by atoms with van der Waals surface area (Å²) in [7, 11) is 0. The lowest BCUT2D eigenvalue weighted by Gasteiger charge is -2.12. The number of hydrogen-bond acceptors (Lipinski definition) is 3. The maximum atomic E-state index is 12.0. The highest BCUT2D eigenvalue weighted by Gasteiger charge is 2.08. The third kappa shape index (κ3) is 4.02. The van der Waals surface area contributed by atoms with Gasteiger partial charge in [-0.15, -0.1) is 0 Å². The minimum absolute atomic E-state index is 0.00869. The SMILES string of the molecule is CCC(C)NC(=O)Cn1cnc(-c2ccccc2)cc1=O. The fraction of sp³-hybridized carbons (Fsp3) is 0.312. The molecule has 0 saturated heterocycles. The summed E-state index contributed by atoms with van der Waals surface area (Å²) < 4.78 is 1.31. The number of aromatic nitrogens is 2. The second-order valence-corrected chi connectivity index (χ2v) is 4.98. The minimum atomic E-state index is -0.233. The molecule has 5 nitrogen and oxygen atoms in total. The van der Waals surface area contributed by atoms with Crippen molar-refractivity contribution >= 4 is 5.91 Å². The molecular formula is C16H19N3O2. The van der Waals surface area contributed by atoms with E-state index in [1.807, 2.05) is 44.2 Å². The van der Waals surface area contributed by atoms with Gasteiger partial charge in [0, 0.05) is 17.7 Å². The normalized spacial score (nSPS) is 11.9. The fourth-order valence-electron chi connectivity index (χ4n) is 1.89. The molecule has 0 radical (unpaired) electrons. The van der Waals surface area contributed by atoms with Crippen molar-refractivity contribution in [3.63, 3.8) is 0 Å². The molecule has 1 aromatic carbocycles. The summed E-state index contributed by atoms with van der Waals surface area (Å²) in [6, 6.07) is 11.0. The first-order chi connectivity index (χ1) is 10.1. The van der Waals surface area contributed by atoms with Crippen LogP contribution in [0.4, 0.5) is 0 Å². The number of amides is 1. The Kier molecular flexibility index (Phi) is 4.87. The minimum Gasteiger partial charge on any atom is -0.352 e. The largest absolute Gasteiger partial charge is 0.352 e. The molecule has 0 aliphatic carbocycles. The molecule has 110 valence electrons. The Hall–Kier alpha value is -2.43. The summed E-state index contributed by atoms with van der Waals surface area (Å²) >= 11 is 0. The second kappa shape index (κ2) is 6.83. The van der Waals surface area contributed by atoms with E-state index in [0.717, 1.165) is 12.0 Å². The van der Waals surface area contributed by atoms with Crippen LogP contribution < -0.4 is 10.9 Å². The Morgan fingerprint density at radius 2 is 2.05 bits per heavy atom. The first kappa shape index (κ1) is 15.0. The number of benzene rings is 1. The second-order valence-electron chi connectivity index (χ2n) is 4.98. The van der Waals surface area contributed by atoms with Crippen LogP contribution in [0.25, 0.3) is 11.3 Å². The molecule has 0 aliphatic rings. The summed E-state index contributed by atoms with van der Waals surface area (Å²) in [4.78, 5) is 28.1. The van der Waals surface area contributed by atoms with Gasteiger partial charge in [-0.25, -0.2) is 4.98 Å². The zero-order valence-electron chi connectivity index (χ0n) is 12.2. The van der Waals surface area contributed by atoms with Crippen LogP contribution in [0.3, 0.4) is 0 Å². The van der Waals surface area contributed by atoms with E-state index in [2.05, 4.69) is 10.3 Å². The van der Waals surface area contributed by atoms with Gasteiger partial charge in [-0.3, -0.25) is 14.2 Å². The van der Waals surface area contributed by atoms with Crippen molar-refractivity contribution in [3.05, 3.63) is 53.1 Å². The molecule has 0 aliphatic heterocycles. The highest BCUT2D eigenvalue weighted by Crippen LogP contribution is 2.13. The predicted molar refractivity (Wildman–Crippen MR) is 81.8 cm³/mol. The van der Waals surface area contributed by atoms with Gasteiger partial charge in [0.1, 0.15) is 6.54 Å². The van der Waals surface area contributed by atoms with E-state index in [-0.39, 0.29) is 24.1 Å². The van der Waals surface area contributed by atoms with Crippen LogP contribution >= 0.6 is 0 Å². The number of rotatable bonds is 5. The number of hydrogen-bond donors (Lipinski definition) is 1. The molecular weight excluding hydrogens is 266 g/mol. The van der Waals surface area contributed by atoms with Crippen LogP contribution in [-0.2, 0) is 11.3 Å². The molecule has 21 heavy (non-hydrogen) atoms. The summed E-state index contributed by atoms with van der Waals surface area (Å²) in [6.07, 6.45) is 2.27. The number of carbonyl (C=O) groups excluding carboxylic acids is 1. The number of nitrogens with one attached hydrogen (secondary N) is 1. The lowest BCUT2D eigenvalue weighted by molar-refractivity contribution is -0.122. The molecule has 1 atom stereocenters. The summed E-state index contributed by atoms with van der Waals surface area (Å²) in [5.74, 6) is -0.180.